The third-order valence-corrected chi connectivity index (χ3v) is 8.19. The molecule has 0 heterocycles. The van der Waals surface area contributed by atoms with Crippen molar-refractivity contribution in [3.63, 3.8) is 0 Å². The van der Waals surface area contributed by atoms with Gasteiger partial charge in [-0.2, -0.15) is 0 Å². The fourth-order valence-corrected chi connectivity index (χ4v) is 6.59. The molecule has 0 saturated carbocycles. The lowest BCUT2D eigenvalue weighted by molar-refractivity contribution is 1.15. The number of para-hydroxylation sites is 1. The van der Waals surface area contributed by atoms with Gasteiger partial charge in [-0.3, -0.25) is 0 Å². The molecule has 0 unspecified atom stereocenters. The van der Waals surface area contributed by atoms with Crippen LogP contribution in [0.15, 0.2) is 140 Å². The minimum Gasteiger partial charge on any atom is -0.380 e. The summed E-state index contributed by atoms with van der Waals surface area (Å²) in [5.74, 6) is 0. The first-order chi connectivity index (χ1) is 16.4. The van der Waals surface area contributed by atoms with Crippen LogP contribution in [0.4, 0.5) is 5.69 Å². The smallest absolute Gasteiger partial charge is 0.0507 e. The zero-order chi connectivity index (χ0) is 22.3. The van der Waals surface area contributed by atoms with Crippen molar-refractivity contribution in [2.24, 2.45) is 0 Å². The SMILES string of the molecule is c1ccc(CNc2c(-c3ccccc3)cccc2P(c2ccccc2)c2ccccc2)cc1. The van der Waals surface area contributed by atoms with Crippen molar-refractivity contribution < 1.29 is 0 Å². The van der Waals surface area contributed by atoms with Crippen LogP contribution >= 0.6 is 7.92 Å². The van der Waals surface area contributed by atoms with Gasteiger partial charge in [-0.05, 0) is 29.7 Å². The lowest BCUT2D eigenvalue weighted by Gasteiger charge is -2.25. The molecule has 0 fully saturated rings. The van der Waals surface area contributed by atoms with Crippen LogP contribution in [0.2, 0.25) is 0 Å². The molecule has 0 amide bonds. The second kappa shape index (κ2) is 10.3. The maximum Gasteiger partial charge on any atom is 0.0507 e. The summed E-state index contributed by atoms with van der Waals surface area (Å²) in [6.45, 7) is 0.782. The Kier molecular flexibility index (Phi) is 6.61. The molecule has 5 aromatic rings. The predicted molar refractivity (Wildman–Crippen MR) is 144 cm³/mol. The quantitative estimate of drug-likeness (QED) is 0.275. The van der Waals surface area contributed by atoms with Crippen molar-refractivity contribution in [1.29, 1.82) is 0 Å². The highest BCUT2D eigenvalue weighted by Gasteiger charge is 2.21. The van der Waals surface area contributed by atoms with E-state index in [-0.39, 0.29) is 0 Å². The first-order valence-corrected chi connectivity index (χ1v) is 12.6. The minimum absolute atomic E-state index is 0.716. The Morgan fingerprint density at radius 3 is 1.58 bits per heavy atom. The van der Waals surface area contributed by atoms with Crippen molar-refractivity contribution in [2.45, 2.75) is 6.54 Å². The summed E-state index contributed by atoms with van der Waals surface area (Å²) in [7, 11) is -0.716. The maximum absolute atomic E-state index is 3.83. The van der Waals surface area contributed by atoms with Crippen LogP contribution in [0, 0.1) is 0 Å². The largest absolute Gasteiger partial charge is 0.380 e. The molecule has 1 N–H and O–H groups in total. The second-order valence-electron chi connectivity index (χ2n) is 7.91. The van der Waals surface area contributed by atoms with E-state index in [2.05, 4.69) is 145 Å². The summed E-state index contributed by atoms with van der Waals surface area (Å²) >= 11 is 0. The zero-order valence-corrected chi connectivity index (χ0v) is 19.3. The average Bonchev–Trinajstić information content (AvgIpc) is 2.90. The van der Waals surface area contributed by atoms with Gasteiger partial charge in [-0.15, -0.1) is 0 Å². The molecule has 160 valence electrons. The number of hydrogen-bond donors (Lipinski definition) is 1. The Morgan fingerprint density at radius 1 is 0.485 bits per heavy atom. The molecule has 1 nitrogen and oxygen atoms in total. The predicted octanol–water partition coefficient (Wildman–Crippen LogP) is 6.72. The molecule has 0 radical (unpaired) electrons. The molecule has 0 saturated heterocycles. The molecule has 0 atom stereocenters. The van der Waals surface area contributed by atoms with Gasteiger partial charge in [0, 0.05) is 17.4 Å². The summed E-state index contributed by atoms with van der Waals surface area (Å²) in [5, 5.41) is 7.89. The first-order valence-electron chi connectivity index (χ1n) is 11.3. The number of hydrogen-bond acceptors (Lipinski definition) is 1. The first kappa shape index (κ1) is 21.2. The fourth-order valence-electron chi connectivity index (χ4n) is 4.14. The lowest BCUT2D eigenvalue weighted by Crippen LogP contribution is -2.23. The number of anilines is 1. The van der Waals surface area contributed by atoms with Gasteiger partial charge in [0.1, 0.15) is 0 Å². The summed E-state index contributed by atoms with van der Waals surface area (Å²) in [6.07, 6.45) is 0. The highest BCUT2D eigenvalue weighted by atomic mass is 31.1. The monoisotopic (exact) mass is 443 g/mol. The van der Waals surface area contributed by atoms with E-state index in [1.807, 2.05) is 0 Å². The molecule has 0 bridgehead atoms. The third kappa shape index (κ3) is 4.90. The Balaban J connectivity index is 1.68. The van der Waals surface area contributed by atoms with Gasteiger partial charge < -0.3 is 5.32 Å². The van der Waals surface area contributed by atoms with Crippen LogP contribution < -0.4 is 21.2 Å². The molecule has 2 heteroatoms. The second-order valence-corrected chi connectivity index (χ2v) is 10.1. The van der Waals surface area contributed by atoms with Crippen molar-refractivity contribution >= 4 is 29.5 Å². The van der Waals surface area contributed by atoms with E-state index >= 15 is 0 Å². The molecule has 0 spiro atoms. The van der Waals surface area contributed by atoms with Crippen LogP contribution in [0.1, 0.15) is 5.56 Å². The molecule has 0 aromatic heterocycles. The van der Waals surface area contributed by atoms with Crippen molar-refractivity contribution in [2.75, 3.05) is 5.32 Å². The van der Waals surface area contributed by atoms with Crippen LogP contribution in [0.5, 0.6) is 0 Å². The van der Waals surface area contributed by atoms with Crippen molar-refractivity contribution in [3.8, 4) is 11.1 Å². The summed E-state index contributed by atoms with van der Waals surface area (Å²) in [4.78, 5) is 0. The molecule has 33 heavy (non-hydrogen) atoms. The van der Waals surface area contributed by atoms with Gasteiger partial charge in [0.2, 0.25) is 0 Å². The molecule has 5 rings (SSSR count). The standard InChI is InChI=1S/C31H26NP/c1-5-14-25(15-6-1)24-32-31-29(26-16-7-2-8-17-26)22-13-23-30(31)33(27-18-9-3-10-19-27)28-20-11-4-12-21-28/h1-23,32H,24H2. The molecule has 5 aromatic carbocycles. The Labute approximate surface area is 197 Å². The molecular weight excluding hydrogens is 417 g/mol. The maximum atomic E-state index is 3.83. The van der Waals surface area contributed by atoms with Gasteiger partial charge in [0.05, 0.1) is 5.69 Å². The van der Waals surface area contributed by atoms with Gasteiger partial charge in [-0.25, -0.2) is 0 Å². The highest BCUT2D eigenvalue weighted by Crippen LogP contribution is 2.39. The molecule has 0 aliphatic carbocycles. The summed E-state index contributed by atoms with van der Waals surface area (Å²) in [5.41, 5.74) is 4.95. The van der Waals surface area contributed by atoms with Crippen molar-refractivity contribution in [1.82, 2.24) is 0 Å². The third-order valence-electron chi connectivity index (χ3n) is 5.71. The topological polar surface area (TPSA) is 12.0 Å². The molecule has 0 aliphatic rings. The van der Waals surface area contributed by atoms with Gasteiger partial charge in [0.25, 0.3) is 0 Å². The van der Waals surface area contributed by atoms with E-state index in [0.717, 1.165) is 6.54 Å². The Hall–Kier alpha value is -3.67. The van der Waals surface area contributed by atoms with Crippen LogP contribution in [-0.2, 0) is 6.54 Å². The minimum atomic E-state index is -0.716. The van der Waals surface area contributed by atoms with Crippen LogP contribution in [-0.4, -0.2) is 0 Å². The van der Waals surface area contributed by atoms with Gasteiger partial charge >= 0.3 is 0 Å². The Morgan fingerprint density at radius 2 is 1.00 bits per heavy atom. The zero-order valence-electron chi connectivity index (χ0n) is 18.4. The summed E-state index contributed by atoms with van der Waals surface area (Å²) in [6, 6.07) is 49.8. The highest BCUT2D eigenvalue weighted by molar-refractivity contribution is 7.80. The van der Waals surface area contributed by atoms with Crippen LogP contribution in [0.3, 0.4) is 0 Å². The molecular formula is C31H26NP. The van der Waals surface area contributed by atoms with Crippen LogP contribution in [0.25, 0.3) is 11.1 Å². The lowest BCUT2D eigenvalue weighted by atomic mass is 10.0. The average molecular weight is 444 g/mol. The van der Waals surface area contributed by atoms with E-state index in [4.69, 9.17) is 0 Å². The normalized spacial score (nSPS) is 10.8. The number of rotatable bonds is 7. The van der Waals surface area contributed by atoms with E-state index < -0.39 is 7.92 Å². The summed E-state index contributed by atoms with van der Waals surface area (Å²) < 4.78 is 0. The van der Waals surface area contributed by atoms with E-state index in [1.165, 1.54) is 38.3 Å². The van der Waals surface area contributed by atoms with E-state index in [0.29, 0.717) is 0 Å². The number of benzene rings is 5. The van der Waals surface area contributed by atoms with Gasteiger partial charge in [-0.1, -0.05) is 140 Å². The van der Waals surface area contributed by atoms with E-state index in [9.17, 15) is 0 Å². The van der Waals surface area contributed by atoms with E-state index in [1.54, 1.807) is 0 Å². The van der Waals surface area contributed by atoms with Gasteiger partial charge in [0.15, 0.2) is 0 Å². The number of nitrogens with one attached hydrogen (secondary N) is 1. The van der Waals surface area contributed by atoms with Crippen molar-refractivity contribution in [3.05, 3.63) is 145 Å². The Bertz CT molecular complexity index is 1250. The molecule has 0 aliphatic heterocycles. The fraction of sp³-hybridized carbons (Fsp3) is 0.0323.